The van der Waals surface area contributed by atoms with Crippen molar-refractivity contribution in [2.75, 3.05) is 38.6 Å². The molecule has 192 valence electrons. The molecule has 8 nitrogen and oxygen atoms in total. The molecule has 0 bridgehead atoms. The first-order chi connectivity index (χ1) is 17.5. The maximum absolute atomic E-state index is 14.6. The van der Waals surface area contributed by atoms with Crippen LogP contribution in [0, 0.1) is 5.82 Å². The summed E-state index contributed by atoms with van der Waals surface area (Å²) in [5.74, 6) is -0.285. The molecule has 2 amide bonds. The number of likely N-dealkylation sites (tertiary alicyclic amines) is 1. The van der Waals surface area contributed by atoms with E-state index in [9.17, 15) is 18.8 Å². The summed E-state index contributed by atoms with van der Waals surface area (Å²) in [6, 6.07) is 9.33. The number of anilines is 1. The number of aldehydes is 1. The number of hydrogen-bond acceptors (Lipinski definition) is 6. The smallest absolute Gasteiger partial charge is 0.255 e. The van der Waals surface area contributed by atoms with Gasteiger partial charge in [-0.25, -0.2) is 4.39 Å². The van der Waals surface area contributed by atoms with Crippen molar-refractivity contribution in [3.63, 3.8) is 0 Å². The highest BCUT2D eigenvalue weighted by atomic mass is 19.1. The number of halogens is 1. The van der Waals surface area contributed by atoms with E-state index in [1.807, 2.05) is 6.07 Å². The molecule has 4 rings (SSSR count). The molecule has 2 heterocycles. The fourth-order valence-corrected chi connectivity index (χ4v) is 4.86. The minimum atomic E-state index is -0.736. The van der Waals surface area contributed by atoms with Gasteiger partial charge in [0.1, 0.15) is 30.5 Å². The molecule has 0 aliphatic carbocycles. The highest BCUT2D eigenvalue weighted by molar-refractivity contribution is 6.02. The first-order valence-electron chi connectivity index (χ1n) is 12.5. The van der Waals surface area contributed by atoms with Gasteiger partial charge in [-0.2, -0.15) is 0 Å². The van der Waals surface area contributed by atoms with E-state index in [2.05, 4.69) is 15.5 Å². The van der Waals surface area contributed by atoms with Crippen LogP contribution >= 0.6 is 0 Å². The molecule has 0 aromatic heterocycles. The quantitative estimate of drug-likeness (QED) is 0.439. The van der Waals surface area contributed by atoms with Crippen LogP contribution in [0.2, 0.25) is 0 Å². The Morgan fingerprint density at radius 1 is 1.22 bits per heavy atom. The molecule has 9 heteroatoms. The number of carbonyl (C=O) groups is 3. The number of rotatable bonds is 12. The van der Waals surface area contributed by atoms with E-state index in [0.717, 1.165) is 31.5 Å². The maximum atomic E-state index is 14.6. The largest absolute Gasteiger partial charge is 0.492 e. The Bertz CT molecular complexity index is 1100. The van der Waals surface area contributed by atoms with Crippen molar-refractivity contribution in [3.8, 4) is 5.75 Å². The minimum absolute atomic E-state index is 0.180. The summed E-state index contributed by atoms with van der Waals surface area (Å²) in [7, 11) is 1.51. The van der Waals surface area contributed by atoms with Crippen LogP contribution in [0.25, 0.3) is 0 Å². The lowest BCUT2D eigenvalue weighted by Gasteiger charge is -2.25. The number of fused-ring (bicyclic) bond motifs is 1. The molecule has 1 fully saturated rings. The Kier molecular flexibility index (Phi) is 8.53. The maximum Gasteiger partial charge on any atom is 0.255 e. The Labute approximate surface area is 210 Å². The zero-order chi connectivity index (χ0) is 25.5. The zero-order valence-corrected chi connectivity index (χ0v) is 20.6. The van der Waals surface area contributed by atoms with Crippen molar-refractivity contribution in [2.24, 2.45) is 0 Å². The van der Waals surface area contributed by atoms with Crippen LogP contribution in [0.5, 0.6) is 5.75 Å². The van der Waals surface area contributed by atoms with Gasteiger partial charge in [-0.1, -0.05) is 6.07 Å². The third-order valence-electron chi connectivity index (χ3n) is 6.84. The molecular formula is C27H33FN4O4. The van der Waals surface area contributed by atoms with Crippen molar-refractivity contribution >= 4 is 23.8 Å². The summed E-state index contributed by atoms with van der Waals surface area (Å²) >= 11 is 0. The van der Waals surface area contributed by atoms with Gasteiger partial charge in [0.15, 0.2) is 0 Å². The Hall–Kier alpha value is -3.46. The van der Waals surface area contributed by atoms with Crippen LogP contribution in [-0.2, 0) is 22.7 Å². The zero-order valence-electron chi connectivity index (χ0n) is 20.6. The third kappa shape index (κ3) is 5.84. The van der Waals surface area contributed by atoms with Crippen molar-refractivity contribution in [3.05, 3.63) is 58.9 Å². The molecule has 0 saturated carbocycles. The summed E-state index contributed by atoms with van der Waals surface area (Å²) in [4.78, 5) is 40.3. The molecule has 36 heavy (non-hydrogen) atoms. The van der Waals surface area contributed by atoms with Crippen molar-refractivity contribution in [2.45, 2.75) is 44.8 Å². The van der Waals surface area contributed by atoms with E-state index < -0.39 is 6.04 Å². The summed E-state index contributed by atoms with van der Waals surface area (Å²) in [6.07, 6.45) is 3.63. The molecule has 1 unspecified atom stereocenters. The van der Waals surface area contributed by atoms with E-state index >= 15 is 0 Å². The van der Waals surface area contributed by atoms with Gasteiger partial charge in [0.25, 0.3) is 5.91 Å². The van der Waals surface area contributed by atoms with Crippen LogP contribution in [0.4, 0.5) is 10.1 Å². The predicted octanol–water partition coefficient (Wildman–Crippen LogP) is 2.96. The van der Waals surface area contributed by atoms with Crippen molar-refractivity contribution in [1.29, 1.82) is 0 Å². The van der Waals surface area contributed by atoms with Gasteiger partial charge in [0.2, 0.25) is 5.91 Å². The molecular weight excluding hydrogens is 463 g/mol. The van der Waals surface area contributed by atoms with Crippen molar-refractivity contribution in [1.82, 2.24) is 15.1 Å². The second kappa shape index (κ2) is 12.0. The lowest BCUT2D eigenvalue weighted by molar-refractivity contribution is -0.125. The fourth-order valence-electron chi connectivity index (χ4n) is 4.86. The van der Waals surface area contributed by atoms with Crippen LogP contribution in [0.3, 0.4) is 0 Å². The molecule has 2 N–H and O–H groups in total. The Morgan fingerprint density at radius 3 is 2.78 bits per heavy atom. The van der Waals surface area contributed by atoms with Crippen LogP contribution in [0.1, 0.15) is 47.2 Å². The average Bonchev–Trinajstić information content (AvgIpc) is 3.53. The molecule has 1 atom stereocenters. The number of nitrogens with zero attached hydrogens (tertiary/aromatic N) is 2. The van der Waals surface area contributed by atoms with Crippen molar-refractivity contribution < 1.29 is 23.5 Å². The monoisotopic (exact) mass is 496 g/mol. The minimum Gasteiger partial charge on any atom is -0.492 e. The summed E-state index contributed by atoms with van der Waals surface area (Å²) in [6.45, 7) is 4.06. The van der Waals surface area contributed by atoms with Gasteiger partial charge in [-0.3, -0.25) is 14.5 Å². The van der Waals surface area contributed by atoms with Crippen LogP contribution in [-0.4, -0.2) is 67.2 Å². The molecule has 0 spiro atoms. The number of ether oxygens (including phenoxy) is 1. The van der Waals surface area contributed by atoms with Crippen LogP contribution in [0.15, 0.2) is 36.4 Å². The molecule has 1 saturated heterocycles. The summed E-state index contributed by atoms with van der Waals surface area (Å²) in [5, 5.41) is 5.84. The van der Waals surface area contributed by atoms with Gasteiger partial charge in [0, 0.05) is 55.5 Å². The molecule has 2 aromatic carbocycles. The number of likely N-dealkylation sites (N-methyl/N-ethyl adjacent to an activating group) is 1. The lowest BCUT2D eigenvalue weighted by Crippen LogP contribution is -2.46. The number of benzene rings is 2. The first kappa shape index (κ1) is 25.6. The number of amides is 2. The number of carbonyl (C=O) groups excluding carboxylic acids is 3. The molecule has 2 aliphatic heterocycles. The van der Waals surface area contributed by atoms with E-state index in [1.54, 1.807) is 24.3 Å². The number of nitrogens with one attached hydrogen (secondary N) is 2. The Balaban J connectivity index is 1.43. The SMILES string of the molecule is CNC(=O)C(CCC=O)N1Cc2c(NCc3cc(OCCN4CCCC4)ccc3F)cccc2C1=O. The highest BCUT2D eigenvalue weighted by Crippen LogP contribution is 2.32. The normalized spacial score (nSPS) is 16.1. The lowest BCUT2D eigenvalue weighted by atomic mass is 10.1. The van der Waals surface area contributed by atoms with Gasteiger partial charge < -0.3 is 25.1 Å². The van der Waals surface area contributed by atoms with Gasteiger partial charge in [-0.05, 0) is 62.7 Å². The highest BCUT2D eigenvalue weighted by Gasteiger charge is 2.36. The number of hydrogen-bond donors (Lipinski definition) is 2. The van der Waals surface area contributed by atoms with E-state index in [-0.39, 0.29) is 43.6 Å². The van der Waals surface area contributed by atoms with Gasteiger partial charge in [-0.15, -0.1) is 0 Å². The van der Waals surface area contributed by atoms with Gasteiger partial charge >= 0.3 is 0 Å². The third-order valence-corrected chi connectivity index (χ3v) is 6.84. The van der Waals surface area contributed by atoms with E-state index in [0.29, 0.717) is 29.2 Å². The standard InChI is InChI=1S/C27H33FN4O4/c1-29-26(34)25(8-5-14-33)32-18-22-21(27(32)35)6-4-7-24(22)30-17-19-16-20(9-10-23(19)28)36-15-13-31-11-2-3-12-31/h4,6-7,9-10,14,16,25,30H,2-3,5,8,11-13,15,17-18H2,1H3,(H,29,34). The van der Waals surface area contributed by atoms with E-state index in [1.165, 1.54) is 30.9 Å². The topological polar surface area (TPSA) is 91.0 Å². The predicted molar refractivity (Wildman–Crippen MR) is 134 cm³/mol. The van der Waals surface area contributed by atoms with Gasteiger partial charge in [0.05, 0.1) is 0 Å². The second-order valence-electron chi connectivity index (χ2n) is 9.14. The second-order valence-corrected chi connectivity index (χ2v) is 9.14. The summed E-state index contributed by atoms with van der Waals surface area (Å²) in [5.41, 5.74) is 2.41. The summed E-state index contributed by atoms with van der Waals surface area (Å²) < 4.78 is 20.4. The Morgan fingerprint density at radius 2 is 2.03 bits per heavy atom. The van der Waals surface area contributed by atoms with Crippen LogP contribution < -0.4 is 15.4 Å². The fraction of sp³-hybridized carbons (Fsp3) is 0.444. The molecule has 2 aromatic rings. The first-order valence-corrected chi connectivity index (χ1v) is 12.5. The molecule has 0 radical (unpaired) electrons. The average molecular weight is 497 g/mol. The van der Waals surface area contributed by atoms with E-state index in [4.69, 9.17) is 4.74 Å². The molecule has 2 aliphatic rings.